The van der Waals surface area contributed by atoms with E-state index in [1.165, 1.54) is 6.26 Å². The monoisotopic (exact) mass is 389 g/mol. The van der Waals surface area contributed by atoms with Gasteiger partial charge >= 0.3 is 5.97 Å². The van der Waals surface area contributed by atoms with Crippen LogP contribution in [-0.4, -0.2) is 36.5 Å². The van der Waals surface area contributed by atoms with Gasteiger partial charge in [-0.3, -0.25) is 9.59 Å². The van der Waals surface area contributed by atoms with E-state index in [1.54, 1.807) is 24.0 Å². The normalized spacial score (nSPS) is 19.7. The first-order chi connectivity index (χ1) is 12.9. The Bertz CT molecular complexity index is 831. The van der Waals surface area contributed by atoms with Gasteiger partial charge in [-0.05, 0) is 56.9 Å². The van der Waals surface area contributed by atoms with Gasteiger partial charge in [0.15, 0.2) is 5.76 Å². The first-order valence-electron chi connectivity index (χ1n) is 9.20. The Morgan fingerprint density at radius 1 is 1.33 bits per heavy atom. The van der Waals surface area contributed by atoms with Crippen LogP contribution in [0.5, 0.6) is 0 Å². The summed E-state index contributed by atoms with van der Waals surface area (Å²) in [5.41, 5.74) is 0.968. The van der Waals surface area contributed by atoms with Crippen LogP contribution in [0.3, 0.4) is 0 Å². The molecule has 6 heteroatoms. The molecular weight excluding hydrogens is 366 g/mol. The van der Waals surface area contributed by atoms with Crippen LogP contribution in [-0.2, 0) is 16.0 Å². The number of furan rings is 1. The number of hydrogen-bond acceptors (Lipinski definition) is 4. The molecule has 0 N–H and O–H groups in total. The number of likely N-dealkylation sites (tertiary alicyclic amines) is 1. The summed E-state index contributed by atoms with van der Waals surface area (Å²) in [4.78, 5) is 27.5. The van der Waals surface area contributed by atoms with Gasteiger partial charge < -0.3 is 14.1 Å². The zero-order valence-corrected chi connectivity index (χ0v) is 16.4. The standard InChI is InChI=1S/C21H24ClNO4/c1-3-26-20(25)21(13-16-6-4-7-17(22)12-16)9-5-10-23(14-21)19(24)18-15(2)8-11-27-18/h4,6-8,11-12H,3,5,9-10,13-14H2,1-2H3/t21-/m0/s1. The maximum absolute atomic E-state index is 12.9. The van der Waals surface area contributed by atoms with Crippen molar-refractivity contribution in [2.75, 3.05) is 19.7 Å². The zero-order chi connectivity index (χ0) is 19.4. The molecule has 1 fully saturated rings. The molecule has 27 heavy (non-hydrogen) atoms. The molecule has 3 rings (SSSR count). The van der Waals surface area contributed by atoms with Crippen LogP contribution in [0.2, 0.25) is 5.02 Å². The lowest BCUT2D eigenvalue weighted by atomic mass is 9.75. The number of hydrogen-bond donors (Lipinski definition) is 0. The highest BCUT2D eigenvalue weighted by molar-refractivity contribution is 6.30. The van der Waals surface area contributed by atoms with Crippen molar-refractivity contribution in [2.24, 2.45) is 5.41 Å². The second-order valence-electron chi connectivity index (χ2n) is 7.07. The molecule has 0 aliphatic carbocycles. The summed E-state index contributed by atoms with van der Waals surface area (Å²) >= 11 is 6.12. The van der Waals surface area contributed by atoms with E-state index >= 15 is 0 Å². The molecule has 1 amide bonds. The maximum Gasteiger partial charge on any atom is 0.314 e. The summed E-state index contributed by atoms with van der Waals surface area (Å²) in [7, 11) is 0. The quantitative estimate of drug-likeness (QED) is 0.716. The summed E-state index contributed by atoms with van der Waals surface area (Å²) in [5, 5.41) is 0.626. The minimum Gasteiger partial charge on any atom is -0.466 e. The van der Waals surface area contributed by atoms with E-state index in [-0.39, 0.29) is 11.9 Å². The molecule has 1 atom stereocenters. The number of halogens is 1. The molecule has 1 aliphatic heterocycles. The maximum atomic E-state index is 12.9. The third-order valence-corrected chi connectivity index (χ3v) is 5.30. The highest BCUT2D eigenvalue weighted by Gasteiger charge is 2.45. The molecular formula is C21H24ClNO4. The Balaban J connectivity index is 1.89. The first kappa shape index (κ1) is 19.5. The van der Waals surface area contributed by atoms with E-state index in [0.29, 0.717) is 43.3 Å². The second-order valence-corrected chi connectivity index (χ2v) is 7.51. The van der Waals surface area contributed by atoms with Crippen molar-refractivity contribution in [1.29, 1.82) is 0 Å². The van der Waals surface area contributed by atoms with Crippen molar-refractivity contribution in [3.05, 3.63) is 58.5 Å². The molecule has 1 aromatic heterocycles. The summed E-state index contributed by atoms with van der Waals surface area (Å²) in [6, 6.07) is 9.25. The van der Waals surface area contributed by atoms with Gasteiger partial charge in [0.05, 0.1) is 18.3 Å². The van der Waals surface area contributed by atoms with Crippen molar-refractivity contribution in [1.82, 2.24) is 4.90 Å². The molecule has 1 aromatic carbocycles. The van der Waals surface area contributed by atoms with Gasteiger partial charge in [0, 0.05) is 23.7 Å². The molecule has 0 spiro atoms. The van der Waals surface area contributed by atoms with Crippen LogP contribution >= 0.6 is 11.6 Å². The van der Waals surface area contributed by atoms with Crippen LogP contribution in [0, 0.1) is 12.3 Å². The largest absolute Gasteiger partial charge is 0.466 e. The number of piperidine rings is 1. The Labute approximate surface area is 164 Å². The molecule has 2 aromatic rings. The number of aryl methyl sites for hydroxylation is 1. The van der Waals surface area contributed by atoms with Gasteiger partial charge in [-0.1, -0.05) is 23.7 Å². The van der Waals surface area contributed by atoms with E-state index < -0.39 is 5.41 Å². The van der Waals surface area contributed by atoms with Crippen molar-refractivity contribution < 1.29 is 18.7 Å². The van der Waals surface area contributed by atoms with E-state index in [0.717, 1.165) is 17.5 Å². The minimum absolute atomic E-state index is 0.183. The number of amides is 1. The smallest absolute Gasteiger partial charge is 0.314 e. The van der Waals surface area contributed by atoms with Crippen molar-refractivity contribution in [2.45, 2.75) is 33.1 Å². The number of carbonyl (C=O) groups excluding carboxylic acids is 2. The van der Waals surface area contributed by atoms with Crippen molar-refractivity contribution >= 4 is 23.5 Å². The highest BCUT2D eigenvalue weighted by Crippen LogP contribution is 2.36. The lowest BCUT2D eigenvalue weighted by Crippen LogP contribution is -2.51. The van der Waals surface area contributed by atoms with E-state index in [2.05, 4.69) is 0 Å². The van der Waals surface area contributed by atoms with Gasteiger partial charge in [0.1, 0.15) is 0 Å². The molecule has 2 heterocycles. The summed E-state index contributed by atoms with van der Waals surface area (Å²) in [5.74, 6) is -0.118. The van der Waals surface area contributed by atoms with E-state index in [4.69, 9.17) is 20.8 Å². The van der Waals surface area contributed by atoms with Crippen LogP contribution in [0.1, 0.15) is 41.4 Å². The Morgan fingerprint density at radius 3 is 2.81 bits per heavy atom. The van der Waals surface area contributed by atoms with Crippen LogP contribution in [0.15, 0.2) is 41.0 Å². The fourth-order valence-electron chi connectivity index (χ4n) is 3.75. The summed E-state index contributed by atoms with van der Waals surface area (Å²) in [6.45, 7) is 4.84. The predicted octanol–water partition coefficient (Wildman–Crippen LogP) is 4.27. The van der Waals surface area contributed by atoms with Gasteiger partial charge in [-0.15, -0.1) is 0 Å². The van der Waals surface area contributed by atoms with Crippen molar-refractivity contribution in [3.63, 3.8) is 0 Å². The molecule has 144 valence electrons. The lowest BCUT2D eigenvalue weighted by Gasteiger charge is -2.41. The lowest BCUT2D eigenvalue weighted by molar-refractivity contribution is -0.158. The van der Waals surface area contributed by atoms with Crippen molar-refractivity contribution in [3.8, 4) is 0 Å². The number of rotatable bonds is 5. The topological polar surface area (TPSA) is 59.8 Å². The minimum atomic E-state index is -0.783. The van der Waals surface area contributed by atoms with E-state index in [9.17, 15) is 9.59 Å². The molecule has 0 unspecified atom stereocenters. The molecule has 0 bridgehead atoms. The average molecular weight is 390 g/mol. The van der Waals surface area contributed by atoms with E-state index in [1.807, 2.05) is 25.1 Å². The Morgan fingerprint density at radius 2 is 2.15 bits per heavy atom. The van der Waals surface area contributed by atoms with Gasteiger partial charge in [0.2, 0.25) is 0 Å². The molecule has 1 saturated heterocycles. The van der Waals surface area contributed by atoms with Crippen LogP contribution in [0.25, 0.3) is 0 Å². The molecule has 5 nitrogen and oxygen atoms in total. The number of nitrogens with zero attached hydrogens (tertiary/aromatic N) is 1. The van der Waals surface area contributed by atoms with Crippen LogP contribution < -0.4 is 0 Å². The summed E-state index contributed by atoms with van der Waals surface area (Å²) < 4.78 is 10.8. The fourth-order valence-corrected chi connectivity index (χ4v) is 3.96. The van der Waals surface area contributed by atoms with Gasteiger partial charge in [0.25, 0.3) is 5.91 Å². The van der Waals surface area contributed by atoms with Crippen LogP contribution in [0.4, 0.5) is 0 Å². The molecule has 0 saturated carbocycles. The number of benzene rings is 1. The third-order valence-electron chi connectivity index (χ3n) is 5.06. The first-order valence-corrected chi connectivity index (χ1v) is 9.58. The Hall–Kier alpha value is -2.27. The fraction of sp³-hybridized carbons (Fsp3) is 0.429. The molecule has 1 aliphatic rings. The number of esters is 1. The molecule has 0 radical (unpaired) electrons. The average Bonchev–Trinajstić information content (AvgIpc) is 3.07. The zero-order valence-electron chi connectivity index (χ0n) is 15.7. The Kier molecular flexibility index (Phi) is 5.90. The third kappa shape index (κ3) is 4.19. The number of ether oxygens (including phenoxy) is 1. The number of carbonyl (C=O) groups is 2. The van der Waals surface area contributed by atoms with Gasteiger partial charge in [-0.25, -0.2) is 0 Å². The van der Waals surface area contributed by atoms with Gasteiger partial charge in [-0.2, -0.15) is 0 Å². The summed E-state index contributed by atoms with van der Waals surface area (Å²) in [6.07, 6.45) is 3.38. The highest BCUT2D eigenvalue weighted by atomic mass is 35.5. The SMILES string of the molecule is CCOC(=O)[C@]1(Cc2cccc(Cl)c2)CCCN(C(=O)c2occc2C)C1. The second kappa shape index (κ2) is 8.17. The predicted molar refractivity (Wildman–Crippen MR) is 103 cm³/mol.